The minimum Gasteiger partial charge on any atom is -0.481 e. The quantitative estimate of drug-likeness (QED) is 0.121. The Morgan fingerprint density at radius 1 is 0.379 bits per heavy atom. The molecule has 132 heavy (non-hydrogen) atoms. The van der Waals surface area contributed by atoms with Gasteiger partial charge in [-0.15, -0.1) is 35.1 Å². The normalized spacial score (nSPS) is 12.9. The third kappa shape index (κ3) is 18.5. The fourth-order valence-corrected chi connectivity index (χ4v) is 22.2. The van der Waals surface area contributed by atoms with Crippen molar-refractivity contribution < 1.29 is 38.3 Å². The Labute approximate surface area is 815 Å². The molecule has 22 rings (SSSR count). The van der Waals surface area contributed by atoms with E-state index < -0.39 is 11.4 Å². The van der Waals surface area contributed by atoms with Gasteiger partial charge in [0.05, 0.1) is 26.2 Å². The molecule has 11 heteroatoms. The zero-order valence-corrected chi connectivity index (χ0v) is 81.9. The van der Waals surface area contributed by atoms with Crippen molar-refractivity contribution in [2.24, 2.45) is 0 Å². The summed E-state index contributed by atoms with van der Waals surface area (Å²) in [7, 11) is 0. The number of unbranched alkanes of at least 4 members (excludes halogenated alkanes) is 1. The molecular formula is C121H117BrClLiN2O4S2. The van der Waals surface area contributed by atoms with Crippen molar-refractivity contribution in [2.45, 2.75) is 157 Å². The molecule has 1 fully saturated rings. The van der Waals surface area contributed by atoms with Crippen LogP contribution in [0, 0.1) is 6.92 Å². The van der Waals surface area contributed by atoms with Crippen LogP contribution in [0.25, 0.3) is 106 Å². The molecule has 662 valence electrons. The molecule has 0 amide bonds. The second-order valence-corrected chi connectivity index (χ2v) is 41.1. The van der Waals surface area contributed by atoms with E-state index in [0.717, 1.165) is 76.0 Å². The summed E-state index contributed by atoms with van der Waals surface area (Å²) in [5, 5.41) is 17.8. The maximum absolute atomic E-state index is 11.9. The van der Waals surface area contributed by atoms with Crippen LogP contribution in [-0.4, -0.2) is 30.1 Å². The van der Waals surface area contributed by atoms with Crippen LogP contribution in [0.4, 0.5) is 34.1 Å². The summed E-state index contributed by atoms with van der Waals surface area (Å²) >= 11 is 7.71. The van der Waals surface area contributed by atoms with Gasteiger partial charge in [-0.1, -0.05) is 387 Å². The standard InChI is InChI=1S/C55H45NS.C42H38BrNS.C13H8O.C4H8O.C4H9.C2H4O2.CH4.ClH.Li/c1-53(2,3)35-24-28-37(29-25-35)56(38-30-26-36(27-31-38)54(4,5)6)48-23-13-18-41-42-32-33-47-50(52(42)57-51(41)48)43-19-11-14-34-15-12-22-46(49(34)43)55(47)44-20-9-7-16-39(44)40-17-8-10-21-45(40)55;1-41(2,3)28-19-23-30(24-20-28)44(31-25-21-29(22-26-31)42(4,5)6)37-18-10-16-35-34-15-9-14-33(39(34)45-40(35)37)32-13-7-11-27-12-8-17-36(43)38(27)32;14-13-11-7-3-1-5-9(11)10-6-2-4-8-12(10)13;1-2-4-5-3-1;1-3-4-2;1-2(3)4;;;/h7-33H,1-6H3;7-26H,1-6H3;1-8H;1-4H2;1,3-4H2,2H3;1H3,(H,3,4);1H4;1H;/q;;;;-1;;;;+1. The average molecular weight is 1850 g/mol. The Balaban J connectivity index is 0.000000164. The van der Waals surface area contributed by atoms with Crippen LogP contribution >= 0.6 is 51.0 Å². The molecule has 3 aliphatic carbocycles. The molecule has 1 saturated heterocycles. The number of carbonyl (C=O) groups is 2. The molecule has 0 atom stereocenters. The summed E-state index contributed by atoms with van der Waals surface area (Å²) in [5.41, 5.74) is 29.5. The van der Waals surface area contributed by atoms with E-state index in [2.05, 4.69) is 408 Å². The Bertz CT molecular complexity index is 7010. The molecule has 1 N–H and O–H groups in total. The molecule has 0 bridgehead atoms. The first-order valence-corrected chi connectivity index (χ1v) is 47.7. The summed E-state index contributed by atoms with van der Waals surface area (Å²) in [4.78, 5) is 25.8. The van der Waals surface area contributed by atoms with Gasteiger partial charge in [0.15, 0.2) is 5.78 Å². The van der Waals surface area contributed by atoms with Gasteiger partial charge < -0.3 is 26.6 Å². The number of rotatable bonds is 8. The minimum atomic E-state index is -0.833. The van der Waals surface area contributed by atoms with Crippen molar-refractivity contribution in [2.75, 3.05) is 23.0 Å². The molecule has 0 saturated carbocycles. The first kappa shape index (κ1) is 96.6. The van der Waals surface area contributed by atoms with Gasteiger partial charge in [0.25, 0.3) is 5.97 Å². The molecule has 18 aromatic rings. The monoisotopic (exact) mass is 1850 g/mol. The van der Waals surface area contributed by atoms with Gasteiger partial charge in [-0.25, -0.2) is 0 Å². The number of nitrogens with zero attached hydrogens (tertiary/aromatic N) is 2. The van der Waals surface area contributed by atoms with E-state index in [-0.39, 0.29) is 66.1 Å². The van der Waals surface area contributed by atoms with Gasteiger partial charge in [-0.2, -0.15) is 6.42 Å². The summed E-state index contributed by atoms with van der Waals surface area (Å²) < 4.78 is 11.3. The smallest absolute Gasteiger partial charge is 0.481 e. The summed E-state index contributed by atoms with van der Waals surface area (Å²) in [6.07, 6.45) is 4.83. The number of benzene rings is 16. The first-order valence-electron chi connectivity index (χ1n) is 45.2. The third-order valence-electron chi connectivity index (χ3n) is 25.5. The van der Waals surface area contributed by atoms with E-state index in [0.29, 0.717) is 0 Å². The molecule has 0 radical (unpaired) electrons. The maximum atomic E-state index is 11.9. The van der Waals surface area contributed by atoms with Gasteiger partial charge in [-0.3, -0.25) is 9.59 Å². The van der Waals surface area contributed by atoms with Crippen LogP contribution < -0.4 is 28.7 Å². The number of anilines is 6. The number of halogens is 2. The summed E-state index contributed by atoms with van der Waals surface area (Å²) in [6, 6.07) is 123. The average Bonchev–Trinajstić information content (AvgIpc) is 1.48. The fraction of sp³-hybridized carbons (Fsp3) is 0.215. The van der Waals surface area contributed by atoms with Gasteiger partial charge in [0, 0.05) is 106 Å². The number of ketones is 1. The Morgan fingerprint density at radius 2 is 0.697 bits per heavy atom. The Kier molecular flexibility index (Phi) is 29.1. The van der Waals surface area contributed by atoms with Gasteiger partial charge >= 0.3 is 18.9 Å². The van der Waals surface area contributed by atoms with Crippen LogP contribution in [0.15, 0.2) is 338 Å². The predicted octanol–water partition coefficient (Wildman–Crippen LogP) is 32.8. The number of fused-ring (bicyclic) bond motifs is 20. The van der Waals surface area contributed by atoms with E-state index in [9.17, 15) is 4.79 Å². The van der Waals surface area contributed by atoms with Gasteiger partial charge in [0.1, 0.15) is 0 Å². The largest absolute Gasteiger partial charge is 1.00 e. The van der Waals surface area contributed by atoms with E-state index in [1.807, 2.05) is 71.2 Å². The van der Waals surface area contributed by atoms with Crippen molar-refractivity contribution >= 4 is 159 Å². The van der Waals surface area contributed by atoms with Crippen LogP contribution in [0.1, 0.15) is 190 Å². The molecule has 1 aliphatic heterocycles. The summed E-state index contributed by atoms with van der Waals surface area (Å²) in [6.45, 7) is 36.2. The second kappa shape index (κ2) is 39.8. The molecule has 4 aliphatic rings. The summed E-state index contributed by atoms with van der Waals surface area (Å²) in [5.74, 6) is -0.684. The van der Waals surface area contributed by atoms with Crippen molar-refractivity contribution in [3.63, 3.8) is 0 Å². The molecule has 16 aromatic carbocycles. The topological polar surface area (TPSA) is 70.1 Å². The Hall–Kier alpha value is -11.5. The van der Waals surface area contributed by atoms with Crippen molar-refractivity contribution in [3.05, 3.63) is 401 Å². The third-order valence-corrected chi connectivity index (χ3v) is 28.7. The van der Waals surface area contributed by atoms with Crippen LogP contribution in [0.2, 0.25) is 0 Å². The zero-order chi connectivity index (χ0) is 90.4. The fourth-order valence-electron chi connectivity index (χ4n) is 18.9. The predicted molar refractivity (Wildman–Crippen MR) is 570 cm³/mol. The molecule has 6 nitrogen and oxygen atoms in total. The number of thiophene rings is 2. The van der Waals surface area contributed by atoms with Crippen LogP contribution in [0.5, 0.6) is 0 Å². The number of hydrogen-bond acceptors (Lipinski definition) is 7. The number of carbonyl (C=O) groups excluding carboxylic acids is 1. The van der Waals surface area contributed by atoms with Crippen LogP contribution in [-0.2, 0) is 36.6 Å². The minimum absolute atomic E-state index is 0. The SMILES string of the molecule is C.C1CCOC1.CC(=O)O.CC(C)(C)c1ccc(N(c2ccc(C(C)(C)C)cc2)c2cccc3c2sc2c(-c4cccc5cccc(Br)c45)cccc23)cc1.CC(C)(C)c1ccc(N(c2ccc(C(C)(C)C)cc2)c2cccc3c2sc2c4c(ccc23)C2(c3ccccc3-c3ccccc32)c2cccc3cccc-4c23)cc1.Cl.O=C1c2ccccc2-c2ccccc21.[CH2-]CCC.[Li+]. The number of carboxylic acid groups (broad SMARTS) is 1. The molecular weight excluding hydrogens is 1730 g/mol. The van der Waals surface area contributed by atoms with Crippen LogP contribution in [0.3, 0.4) is 0 Å². The number of aliphatic carboxylic acids is 1. The molecule has 1 spiro atoms. The van der Waals surface area contributed by atoms with Crippen molar-refractivity contribution in [1.29, 1.82) is 0 Å². The van der Waals surface area contributed by atoms with E-state index in [4.69, 9.17) is 14.6 Å². The molecule has 0 unspecified atom stereocenters. The Morgan fingerprint density at radius 3 is 1.10 bits per heavy atom. The maximum Gasteiger partial charge on any atom is 1.00 e. The van der Waals surface area contributed by atoms with E-state index in [1.54, 1.807) is 0 Å². The molecule has 3 heterocycles. The van der Waals surface area contributed by atoms with Crippen molar-refractivity contribution in [3.8, 4) is 44.5 Å². The number of hydrogen-bond donors (Lipinski definition) is 1. The molecule has 2 aromatic heterocycles. The number of ether oxygens (including phenoxy) is 1. The second-order valence-electron chi connectivity index (χ2n) is 38.2. The number of carboxylic acids is 1. The van der Waals surface area contributed by atoms with Gasteiger partial charge in [-0.05, 0) is 195 Å². The van der Waals surface area contributed by atoms with E-state index >= 15 is 0 Å². The van der Waals surface area contributed by atoms with E-state index in [1.165, 1.54) is 170 Å². The first-order chi connectivity index (χ1) is 62.1. The zero-order valence-electron chi connectivity index (χ0n) is 77.9. The van der Waals surface area contributed by atoms with Gasteiger partial charge in [0.2, 0.25) is 0 Å². The van der Waals surface area contributed by atoms with Crippen molar-refractivity contribution in [1.82, 2.24) is 0 Å².